The summed E-state index contributed by atoms with van der Waals surface area (Å²) in [6.45, 7) is 9.77. The molecule has 5 rings (SSSR count). The molecule has 0 radical (unpaired) electrons. The molecule has 196 valence electrons. The minimum absolute atomic E-state index is 0.0132. The van der Waals surface area contributed by atoms with E-state index in [1.165, 1.54) is 6.08 Å². The number of likely N-dealkylation sites (tertiary alicyclic amines) is 1. The van der Waals surface area contributed by atoms with Crippen LogP contribution in [0.3, 0.4) is 0 Å². The Balaban J connectivity index is 1.36. The number of hydrogen-bond acceptors (Lipinski definition) is 5. The number of amides is 3. The van der Waals surface area contributed by atoms with Crippen LogP contribution in [-0.2, 0) is 14.4 Å². The van der Waals surface area contributed by atoms with E-state index in [0.29, 0.717) is 18.0 Å². The van der Waals surface area contributed by atoms with Gasteiger partial charge in [-0.3, -0.25) is 19.2 Å². The maximum atomic E-state index is 13.9. The average Bonchev–Trinajstić information content (AvgIpc) is 3.66. The molecule has 2 saturated carbocycles. The molecule has 1 aliphatic heterocycles. The molecule has 0 unspecified atom stereocenters. The van der Waals surface area contributed by atoms with Gasteiger partial charge in [-0.2, -0.15) is 0 Å². The van der Waals surface area contributed by atoms with Crippen LogP contribution in [0.25, 0.3) is 10.9 Å². The number of ether oxygens (including phenoxy) is 1. The summed E-state index contributed by atoms with van der Waals surface area (Å²) in [5.74, 6) is -0.334. The van der Waals surface area contributed by atoms with Gasteiger partial charge >= 0.3 is 0 Å². The van der Waals surface area contributed by atoms with Crippen molar-refractivity contribution >= 4 is 34.4 Å². The average molecular weight is 507 g/mol. The first-order valence-corrected chi connectivity index (χ1v) is 12.8. The predicted molar refractivity (Wildman–Crippen MR) is 138 cm³/mol. The molecule has 2 heterocycles. The van der Waals surface area contributed by atoms with Crippen molar-refractivity contribution in [2.75, 3.05) is 13.7 Å². The first-order chi connectivity index (χ1) is 17.6. The lowest BCUT2D eigenvalue weighted by atomic mass is 9.98. The third-order valence-corrected chi connectivity index (χ3v) is 8.48. The fraction of sp³-hybridized carbons (Fsp3) is 0.500. The minimum Gasteiger partial charge on any atom is -0.496 e. The highest BCUT2D eigenvalue weighted by Crippen LogP contribution is 2.65. The third-order valence-electron chi connectivity index (χ3n) is 8.48. The highest BCUT2D eigenvalue weighted by Gasteiger charge is 2.69. The van der Waals surface area contributed by atoms with Crippen molar-refractivity contribution in [3.63, 3.8) is 0 Å². The molecule has 3 aliphatic rings. The summed E-state index contributed by atoms with van der Waals surface area (Å²) in [6.07, 6.45) is 2.86. The summed E-state index contributed by atoms with van der Waals surface area (Å²) in [5.41, 5.74) is 1.04. The Morgan fingerprint density at radius 1 is 1.22 bits per heavy atom. The Morgan fingerprint density at radius 3 is 2.59 bits per heavy atom. The lowest BCUT2D eigenvalue weighted by molar-refractivity contribution is -0.142. The van der Waals surface area contributed by atoms with Gasteiger partial charge in [-0.15, -0.1) is 0 Å². The second-order valence-electron chi connectivity index (χ2n) is 11.1. The molecular weight excluding hydrogens is 472 g/mol. The van der Waals surface area contributed by atoms with Crippen molar-refractivity contribution in [2.24, 2.45) is 23.2 Å². The maximum Gasteiger partial charge on any atom is 0.268 e. The zero-order valence-electron chi connectivity index (χ0n) is 21.7. The van der Waals surface area contributed by atoms with Crippen molar-refractivity contribution in [3.8, 4) is 5.75 Å². The van der Waals surface area contributed by atoms with Crippen LogP contribution in [0.2, 0.25) is 0 Å². The topological polar surface area (TPSA) is 121 Å². The number of aromatic nitrogens is 1. The van der Waals surface area contributed by atoms with E-state index in [0.717, 1.165) is 23.7 Å². The zero-order valence-corrected chi connectivity index (χ0v) is 21.7. The van der Waals surface area contributed by atoms with Gasteiger partial charge in [0.2, 0.25) is 11.8 Å². The molecule has 3 amide bonds. The van der Waals surface area contributed by atoms with Gasteiger partial charge in [-0.25, -0.2) is 0 Å². The quantitative estimate of drug-likeness (QED) is 0.451. The summed E-state index contributed by atoms with van der Waals surface area (Å²) >= 11 is 0. The van der Waals surface area contributed by atoms with Crippen LogP contribution in [0.15, 0.2) is 36.9 Å². The molecule has 37 heavy (non-hydrogen) atoms. The van der Waals surface area contributed by atoms with E-state index in [4.69, 9.17) is 4.74 Å². The monoisotopic (exact) mass is 506 g/mol. The second kappa shape index (κ2) is 9.04. The summed E-state index contributed by atoms with van der Waals surface area (Å²) in [7, 11) is 1.58. The molecule has 3 N–H and O–H groups in total. The van der Waals surface area contributed by atoms with Crippen LogP contribution in [0.1, 0.15) is 44.1 Å². The molecule has 2 aliphatic carbocycles. The highest BCUT2D eigenvalue weighted by atomic mass is 16.5. The Kier molecular flexibility index (Phi) is 6.12. The Morgan fingerprint density at radius 2 is 1.95 bits per heavy atom. The van der Waals surface area contributed by atoms with Gasteiger partial charge in [0, 0.05) is 17.4 Å². The number of carbonyl (C=O) groups excluding carboxylic acids is 4. The van der Waals surface area contributed by atoms with E-state index in [2.05, 4.69) is 36.0 Å². The van der Waals surface area contributed by atoms with Crippen molar-refractivity contribution in [2.45, 2.75) is 51.7 Å². The standard InChI is InChI=1S/C28H34N4O5/c1-6-20(33)14(2)29-26(35)24-22-17(28(22,3)4)13-32(24)27(36)23(15-10-11-15)31-25(34)19-12-16-18(30-19)8-7-9-21(16)37-5/h6-9,12,14-15,17,22-24,30H,1,10-11,13H2,2-5H3,(H,29,35)(H,31,34)/t14-,17-,22-,23-,24-/m0/s1. The van der Waals surface area contributed by atoms with Crippen LogP contribution in [0, 0.1) is 23.2 Å². The molecule has 1 aromatic heterocycles. The van der Waals surface area contributed by atoms with Gasteiger partial charge in [0.25, 0.3) is 5.91 Å². The van der Waals surface area contributed by atoms with Gasteiger partial charge in [0.05, 0.1) is 13.2 Å². The maximum absolute atomic E-state index is 13.9. The molecule has 9 heteroatoms. The summed E-state index contributed by atoms with van der Waals surface area (Å²) in [4.78, 5) is 57.2. The van der Waals surface area contributed by atoms with E-state index >= 15 is 0 Å². The zero-order chi connectivity index (χ0) is 26.6. The first-order valence-electron chi connectivity index (χ1n) is 12.8. The number of methoxy groups -OCH3 is 1. The fourth-order valence-electron chi connectivity index (χ4n) is 6.00. The van der Waals surface area contributed by atoms with Crippen molar-refractivity contribution in [3.05, 3.63) is 42.6 Å². The predicted octanol–water partition coefficient (Wildman–Crippen LogP) is 2.43. The Bertz CT molecular complexity index is 1290. The van der Waals surface area contributed by atoms with Crippen LogP contribution in [0.4, 0.5) is 0 Å². The number of rotatable bonds is 9. The molecule has 1 aromatic carbocycles. The fourth-order valence-corrected chi connectivity index (χ4v) is 6.00. The van der Waals surface area contributed by atoms with E-state index < -0.39 is 18.1 Å². The van der Waals surface area contributed by atoms with Gasteiger partial charge in [-0.05, 0) is 67.2 Å². The van der Waals surface area contributed by atoms with E-state index in [1.54, 1.807) is 25.0 Å². The van der Waals surface area contributed by atoms with E-state index in [9.17, 15) is 19.2 Å². The van der Waals surface area contributed by atoms with Crippen LogP contribution >= 0.6 is 0 Å². The number of nitrogens with one attached hydrogen (secondary N) is 3. The number of piperidine rings is 1. The molecular formula is C28H34N4O5. The smallest absolute Gasteiger partial charge is 0.268 e. The summed E-state index contributed by atoms with van der Waals surface area (Å²) < 4.78 is 5.39. The minimum atomic E-state index is -0.721. The number of carbonyl (C=O) groups is 4. The number of ketones is 1. The first kappa shape index (κ1) is 25.0. The number of benzene rings is 1. The number of aromatic amines is 1. The number of H-pyrrole nitrogens is 1. The van der Waals surface area contributed by atoms with Crippen LogP contribution < -0.4 is 15.4 Å². The summed E-state index contributed by atoms with van der Waals surface area (Å²) in [5, 5.41) is 6.50. The van der Waals surface area contributed by atoms with Crippen LogP contribution in [-0.4, -0.2) is 65.2 Å². The Hall–Kier alpha value is -3.62. The normalized spacial score (nSPS) is 25.1. The molecule has 3 fully saturated rings. The van der Waals surface area contributed by atoms with Gasteiger partial charge in [0.1, 0.15) is 23.5 Å². The third kappa shape index (κ3) is 4.30. The largest absolute Gasteiger partial charge is 0.496 e. The number of hydrogen-bond donors (Lipinski definition) is 3. The lowest BCUT2D eigenvalue weighted by Crippen LogP contribution is -2.57. The van der Waals surface area contributed by atoms with E-state index in [1.807, 2.05) is 18.2 Å². The van der Waals surface area contributed by atoms with Crippen LogP contribution in [0.5, 0.6) is 5.75 Å². The molecule has 1 saturated heterocycles. The highest BCUT2D eigenvalue weighted by molar-refractivity contribution is 6.02. The van der Waals surface area contributed by atoms with E-state index in [-0.39, 0.29) is 46.7 Å². The summed E-state index contributed by atoms with van der Waals surface area (Å²) in [6, 6.07) is 5.12. The lowest BCUT2D eigenvalue weighted by Gasteiger charge is -2.33. The molecule has 2 aromatic rings. The number of fused-ring (bicyclic) bond motifs is 2. The number of nitrogens with zero attached hydrogens (tertiary/aromatic N) is 1. The van der Waals surface area contributed by atoms with Gasteiger partial charge in [-0.1, -0.05) is 26.5 Å². The van der Waals surface area contributed by atoms with Gasteiger partial charge in [0.15, 0.2) is 5.78 Å². The SMILES string of the molecule is C=CC(=O)[C@H](C)NC(=O)[C@@H]1[C@@H]2[C@H](CN1C(=O)[C@@H](NC(=O)c1cc3c(OC)cccc3[nH]1)C1CC1)C2(C)C. The van der Waals surface area contributed by atoms with Crippen molar-refractivity contribution in [1.82, 2.24) is 20.5 Å². The molecule has 0 spiro atoms. The van der Waals surface area contributed by atoms with Gasteiger partial charge < -0.3 is 25.3 Å². The van der Waals surface area contributed by atoms with Crippen molar-refractivity contribution < 1.29 is 23.9 Å². The second-order valence-corrected chi connectivity index (χ2v) is 11.1. The molecule has 9 nitrogen and oxygen atoms in total. The molecule has 5 atom stereocenters. The van der Waals surface area contributed by atoms with Crippen molar-refractivity contribution in [1.29, 1.82) is 0 Å². The Labute approximate surface area is 216 Å². The molecule has 0 bridgehead atoms.